The summed E-state index contributed by atoms with van der Waals surface area (Å²) in [7, 11) is -4.67. The van der Waals surface area contributed by atoms with Crippen molar-refractivity contribution in [3.63, 3.8) is 0 Å². The summed E-state index contributed by atoms with van der Waals surface area (Å²) in [5, 5.41) is 2.81. The predicted octanol–water partition coefficient (Wildman–Crippen LogP) is 1.88. The van der Waals surface area contributed by atoms with Crippen molar-refractivity contribution in [1.82, 2.24) is 5.32 Å². The molecule has 1 amide bonds. The van der Waals surface area contributed by atoms with E-state index in [1.54, 1.807) is 0 Å². The van der Waals surface area contributed by atoms with Gasteiger partial charge in [0, 0.05) is 6.92 Å². The van der Waals surface area contributed by atoms with Crippen molar-refractivity contribution >= 4 is 16.3 Å². The number of amides is 1. The van der Waals surface area contributed by atoms with Gasteiger partial charge in [-0.15, -0.1) is 0 Å². The standard InChI is InChI=1S/C22H27NO8S/c1-16(24)23-19-14-28-20(15-31-32(25,26)27)22(30-13-18-10-6-3-7-11-18)21(19)29-12-17-8-4-2-5-9-17/h2-11,19-22H,12-15H2,1H3,(H,23,24)(H,25,26,27)/t19?,20?,21-,22+/m1/s1. The molecule has 10 heteroatoms. The van der Waals surface area contributed by atoms with Crippen molar-refractivity contribution < 1.29 is 36.2 Å². The van der Waals surface area contributed by atoms with Crippen LogP contribution in [-0.2, 0) is 46.8 Å². The summed E-state index contributed by atoms with van der Waals surface area (Å²) >= 11 is 0. The van der Waals surface area contributed by atoms with E-state index in [1.807, 2.05) is 60.7 Å². The lowest BCUT2D eigenvalue weighted by Crippen LogP contribution is -2.61. The molecule has 0 aliphatic carbocycles. The van der Waals surface area contributed by atoms with Crippen LogP contribution < -0.4 is 5.32 Å². The van der Waals surface area contributed by atoms with Gasteiger partial charge in [-0.1, -0.05) is 60.7 Å². The van der Waals surface area contributed by atoms with Crippen LogP contribution in [0.1, 0.15) is 18.1 Å². The summed E-state index contributed by atoms with van der Waals surface area (Å²) in [4.78, 5) is 11.8. The van der Waals surface area contributed by atoms with Gasteiger partial charge in [-0.05, 0) is 11.1 Å². The molecule has 2 aromatic rings. The van der Waals surface area contributed by atoms with Crippen LogP contribution in [0.3, 0.4) is 0 Å². The Bertz CT molecular complexity index is 954. The summed E-state index contributed by atoms with van der Waals surface area (Å²) in [6.45, 7) is 1.44. The summed E-state index contributed by atoms with van der Waals surface area (Å²) < 4.78 is 53.8. The molecule has 1 aliphatic rings. The number of hydrogen-bond donors (Lipinski definition) is 2. The molecule has 1 heterocycles. The number of nitrogens with one attached hydrogen (secondary N) is 1. The second-order valence-corrected chi connectivity index (χ2v) is 8.50. The topological polar surface area (TPSA) is 120 Å². The molecule has 3 rings (SSSR count). The zero-order valence-electron chi connectivity index (χ0n) is 17.6. The van der Waals surface area contributed by atoms with Gasteiger partial charge in [0.25, 0.3) is 0 Å². The Morgan fingerprint density at radius 2 is 1.53 bits per heavy atom. The minimum Gasteiger partial charge on any atom is -0.371 e. The van der Waals surface area contributed by atoms with Gasteiger partial charge in [-0.3, -0.25) is 9.35 Å². The number of benzene rings is 2. The van der Waals surface area contributed by atoms with Gasteiger partial charge in [-0.2, -0.15) is 8.42 Å². The van der Waals surface area contributed by atoms with E-state index >= 15 is 0 Å². The molecule has 0 bridgehead atoms. The second kappa shape index (κ2) is 11.5. The van der Waals surface area contributed by atoms with Crippen LogP contribution in [-0.4, -0.2) is 56.4 Å². The minimum absolute atomic E-state index is 0.0593. The van der Waals surface area contributed by atoms with Gasteiger partial charge in [0.1, 0.15) is 18.3 Å². The number of hydrogen-bond acceptors (Lipinski definition) is 7. The first-order valence-electron chi connectivity index (χ1n) is 10.1. The van der Waals surface area contributed by atoms with Crippen LogP contribution >= 0.6 is 0 Å². The van der Waals surface area contributed by atoms with Crippen molar-refractivity contribution in [3.05, 3.63) is 71.8 Å². The highest BCUT2D eigenvalue weighted by Crippen LogP contribution is 2.25. The average molecular weight is 466 g/mol. The summed E-state index contributed by atoms with van der Waals surface area (Å²) in [5.41, 5.74) is 1.82. The van der Waals surface area contributed by atoms with E-state index in [0.717, 1.165) is 11.1 Å². The molecule has 9 nitrogen and oxygen atoms in total. The molecule has 2 N–H and O–H groups in total. The molecule has 2 aromatic carbocycles. The summed E-state index contributed by atoms with van der Waals surface area (Å²) in [6, 6.07) is 18.4. The van der Waals surface area contributed by atoms with Crippen LogP contribution in [0.4, 0.5) is 0 Å². The lowest BCUT2D eigenvalue weighted by Gasteiger charge is -2.42. The van der Waals surface area contributed by atoms with Gasteiger partial charge in [0.2, 0.25) is 5.91 Å². The SMILES string of the molecule is CC(=O)NC1COC(COS(=O)(=O)O)[C@H](OCc2ccccc2)[C@@H]1OCc1ccccc1. The molecule has 0 radical (unpaired) electrons. The lowest BCUT2D eigenvalue weighted by molar-refractivity contribution is -0.202. The molecule has 1 saturated heterocycles. The van der Waals surface area contributed by atoms with Crippen molar-refractivity contribution in [2.75, 3.05) is 13.2 Å². The number of rotatable bonds is 10. The van der Waals surface area contributed by atoms with E-state index in [2.05, 4.69) is 9.50 Å². The van der Waals surface area contributed by atoms with E-state index in [1.165, 1.54) is 6.92 Å². The third kappa shape index (κ3) is 7.66. The smallest absolute Gasteiger partial charge is 0.371 e. The van der Waals surface area contributed by atoms with Crippen molar-refractivity contribution in [3.8, 4) is 0 Å². The van der Waals surface area contributed by atoms with Crippen molar-refractivity contribution in [2.24, 2.45) is 0 Å². The van der Waals surface area contributed by atoms with Crippen LogP contribution in [0.5, 0.6) is 0 Å². The van der Waals surface area contributed by atoms with E-state index in [0.29, 0.717) is 0 Å². The fraction of sp³-hybridized carbons (Fsp3) is 0.409. The third-order valence-corrected chi connectivity index (χ3v) is 5.35. The van der Waals surface area contributed by atoms with Crippen molar-refractivity contribution in [2.45, 2.75) is 44.5 Å². The van der Waals surface area contributed by atoms with Crippen molar-refractivity contribution in [1.29, 1.82) is 0 Å². The maximum atomic E-state index is 11.8. The molecule has 0 saturated carbocycles. The van der Waals surface area contributed by atoms with Crippen LogP contribution in [0.15, 0.2) is 60.7 Å². The van der Waals surface area contributed by atoms with E-state index in [-0.39, 0.29) is 25.7 Å². The zero-order chi connectivity index (χ0) is 23.0. The minimum atomic E-state index is -4.67. The van der Waals surface area contributed by atoms with Gasteiger partial charge in [0.05, 0.1) is 32.5 Å². The molecular formula is C22H27NO8S. The Balaban J connectivity index is 1.81. The normalized spacial score (nSPS) is 23.6. The first-order chi connectivity index (χ1) is 15.3. The van der Waals surface area contributed by atoms with Gasteiger partial charge >= 0.3 is 10.4 Å². The highest BCUT2D eigenvalue weighted by molar-refractivity contribution is 7.80. The predicted molar refractivity (Wildman–Crippen MR) is 115 cm³/mol. The Kier molecular flexibility index (Phi) is 8.74. The molecule has 1 fully saturated rings. The molecule has 1 aliphatic heterocycles. The Hall–Kier alpha value is -2.34. The molecule has 2 unspecified atom stereocenters. The maximum Gasteiger partial charge on any atom is 0.397 e. The number of ether oxygens (including phenoxy) is 3. The number of carbonyl (C=O) groups is 1. The van der Waals surface area contributed by atoms with Crippen LogP contribution in [0.2, 0.25) is 0 Å². The monoisotopic (exact) mass is 465 g/mol. The lowest BCUT2D eigenvalue weighted by atomic mass is 9.97. The fourth-order valence-corrected chi connectivity index (χ4v) is 3.79. The average Bonchev–Trinajstić information content (AvgIpc) is 2.76. The first-order valence-corrected chi connectivity index (χ1v) is 11.5. The van der Waals surface area contributed by atoms with Crippen LogP contribution in [0.25, 0.3) is 0 Å². The molecule has 32 heavy (non-hydrogen) atoms. The van der Waals surface area contributed by atoms with Crippen LogP contribution in [0, 0.1) is 0 Å². The second-order valence-electron chi connectivity index (χ2n) is 7.41. The fourth-order valence-electron chi connectivity index (χ4n) is 3.48. The summed E-state index contributed by atoms with van der Waals surface area (Å²) in [5.74, 6) is -0.263. The largest absolute Gasteiger partial charge is 0.397 e. The molecule has 0 aromatic heterocycles. The maximum absolute atomic E-state index is 11.8. The highest BCUT2D eigenvalue weighted by Gasteiger charge is 2.43. The van der Waals surface area contributed by atoms with Gasteiger partial charge in [-0.25, -0.2) is 4.18 Å². The zero-order valence-corrected chi connectivity index (χ0v) is 18.4. The molecule has 0 spiro atoms. The highest BCUT2D eigenvalue weighted by atomic mass is 32.3. The quantitative estimate of drug-likeness (QED) is 0.511. The van der Waals surface area contributed by atoms with E-state index in [9.17, 15) is 13.2 Å². The van der Waals surface area contributed by atoms with Gasteiger partial charge < -0.3 is 19.5 Å². The third-order valence-electron chi connectivity index (χ3n) is 4.92. The van der Waals surface area contributed by atoms with E-state index < -0.39 is 41.4 Å². The van der Waals surface area contributed by atoms with E-state index in [4.69, 9.17) is 18.8 Å². The Labute approximate surface area is 187 Å². The Morgan fingerprint density at radius 3 is 2.03 bits per heavy atom. The molecule has 4 atom stereocenters. The van der Waals surface area contributed by atoms with Gasteiger partial charge in [0.15, 0.2) is 0 Å². The Morgan fingerprint density at radius 1 is 1.00 bits per heavy atom. The molecular weight excluding hydrogens is 438 g/mol. The summed E-state index contributed by atoms with van der Waals surface area (Å²) in [6.07, 6.45) is -2.30. The molecule has 174 valence electrons. The first kappa shape index (κ1) is 24.3. The number of carbonyl (C=O) groups excluding carboxylic acids is 1.